The number of pyridine rings is 1. The van der Waals surface area contributed by atoms with E-state index in [1.807, 2.05) is 0 Å². The van der Waals surface area contributed by atoms with Crippen molar-refractivity contribution in [3.05, 3.63) is 35.4 Å². The van der Waals surface area contributed by atoms with Crippen molar-refractivity contribution in [2.24, 2.45) is 0 Å². The SMILES string of the molecule is Cc1cccn2c(C(C)C)nc(C(C)C)c12. The predicted octanol–water partition coefficient (Wildman–Crippen LogP) is 3.89. The maximum Gasteiger partial charge on any atom is 0.116 e. The lowest BCUT2D eigenvalue weighted by Crippen LogP contribution is -1.96. The number of aromatic nitrogens is 2. The number of nitrogens with zero attached hydrogens (tertiary/aromatic N) is 2. The minimum Gasteiger partial charge on any atom is -0.303 e. The summed E-state index contributed by atoms with van der Waals surface area (Å²) in [5.74, 6) is 2.10. The van der Waals surface area contributed by atoms with Gasteiger partial charge in [0, 0.05) is 12.1 Å². The van der Waals surface area contributed by atoms with Crippen LogP contribution in [-0.2, 0) is 0 Å². The van der Waals surface area contributed by atoms with Crippen LogP contribution in [0.3, 0.4) is 0 Å². The maximum absolute atomic E-state index is 4.81. The molecule has 0 radical (unpaired) electrons. The first-order valence-corrected chi connectivity index (χ1v) is 5.99. The summed E-state index contributed by atoms with van der Waals surface area (Å²) in [4.78, 5) is 4.81. The van der Waals surface area contributed by atoms with Gasteiger partial charge in [-0.05, 0) is 24.5 Å². The third-order valence-corrected chi connectivity index (χ3v) is 2.98. The van der Waals surface area contributed by atoms with E-state index in [9.17, 15) is 0 Å². The normalized spacial score (nSPS) is 11.9. The molecule has 0 spiro atoms. The van der Waals surface area contributed by atoms with Crippen molar-refractivity contribution in [2.75, 3.05) is 0 Å². The Kier molecular flexibility index (Phi) is 2.75. The van der Waals surface area contributed by atoms with E-state index < -0.39 is 0 Å². The van der Waals surface area contributed by atoms with Gasteiger partial charge in [-0.15, -0.1) is 0 Å². The molecule has 86 valence electrons. The number of hydrogen-bond acceptors (Lipinski definition) is 1. The number of aryl methyl sites for hydroxylation is 1. The van der Waals surface area contributed by atoms with Crippen LogP contribution < -0.4 is 0 Å². The molecule has 0 aliphatic heterocycles. The van der Waals surface area contributed by atoms with E-state index in [1.165, 1.54) is 22.6 Å². The number of imidazole rings is 1. The van der Waals surface area contributed by atoms with Gasteiger partial charge < -0.3 is 4.40 Å². The van der Waals surface area contributed by atoms with Gasteiger partial charge in [0.15, 0.2) is 0 Å². The van der Waals surface area contributed by atoms with Crippen LogP contribution in [0.25, 0.3) is 5.52 Å². The first kappa shape index (κ1) is 11.2. The van der Waals surface area contributed by atoms with Crippen molar-refractivity contribution in [1.82, 2.24) is 9.38 Å². The summed E-state index contributed by atoms with van der Waals surface area (Å²) in [7, 11) is 0. The van der Waals surface area contributed by atoms with Crippen molar-refractivity contribution in [3.63, 3.8) is 0 Å². The Morgan fingerprint density at radius 2 is 1.81 bits per heavy atom. The van der Waals surface area contributed by atoms with Gasteiger partial charge >= 0.3 is 0 Å². The molecule has 2 heterocycles. The lowest BCUT2D eigenvalue weighted by Gasteiger charge is -2.05. The fraction of sp³-hybridized carbons (Fsp3) is 0.500. The van der Waals surface area contributed by atoms with Crippen LogP contribution in [0, 0.1) is 6.92 Å². The molecular formula is C14H20N2. The molecule has 0 amide bonds. The molecule has 0 bridgehead atoms. The Morgan fingerprint density at radius 3 is 2.38 bits per heavy atom. The summed E-state index contributed by atoms with van der Waals surface area (Å²) in [6.45, 7) is 11.0. The molecule has 0 atom stereocenters. The topological polar surface area (TPSA) is 17.3 Å². The third-order valence-electron chi connectivity index (χ3n) is 2.98. The van der Waals surface area contributed by atoms with Gasteiger partial charge in [-0.3, -0.25) is 0 Å². The summed E-state index contributed by atoms with van der Waals surface area (Å²) in [6, 6.07) is 4.26. The van der Waals surface area contributed by atoms with Gasteiger partial charge in [-0.2, -0.15) is 0 Å². The van der Waals surface area contributed by atoms with Crippen molar-refractivity contribution >= 4 is 5.52 Å². The molecule has 2 rings (SSSR count). The van der Waals surface area contributed by atoms with Crippen LogP contribution in [0.1, 0.15) is 56.6 Å². The van der Waals surface area contributed by atoms with E-state index >= 15 is 0 Å². The van der Waals surface area contributed by atoms with Crippen LogP contribution >= 0.6 is 0 Å². The van der Waals surface area contributed by atoms with E-state index in [0.29, 0.717) is 11.8 Å². The first-order valence-electron chi connectivity index (χ1n) is 5.99. The first-order chi connectivity index (χ1) is 7.52. The zero-order valence-corrected chi connectivity index (χ0v) is 10.8. The molecule has 2 aromatic heterocycles. The predicted molar refractivity (Wildman–Crippen MR) is 68.1 cm³/mol. The summed E-state index contributed by atoms with van der Waals surface area (Å²) in [6.07, 6.45) is 2.12. The monoisotopic (exact) mass is 216 g/mol. The molecule has 2 nitrogen and oxygen atoms in total. The molecule has 16 heavy (non-hydrogen) atoms. The second kappa shape index (κ2) is 3.93. The Hall–Kier alpha value is -1.31. The van der Waals surface area contributed by atoms with Crippen molar-refractivity contribution in [3.8, 4) is 0 Å². The molecule has 2 heteroatoms. The molecule has 0 aliphatic carbocycles. The second-order valence-corrected chi connectivity index (χ2v) is 5.07. The van der Waals surface area contributed by atoms with Crippen LogP contribution in [-0.4, -0.2) is 9.38 Å². The molecular weight excluding hydrogens is 196 g/mol. The summed E-state index contributed by atoms with van der Waals surface area (Å²) in [5, 5.41) is 0. The van der Waals surface area contributed by atoms with Gasteiger partial charge in [-0.25, -0.2) is 4.98 Å². The second-order valence-electron chi connectivity index (χ2n) is 5.07. The lowest BCUT2D eigenvalue weighted by molar-refractivity contribution is 0.754. The van der Waals surface area contributed by atoms with Crippen LogP contribution in [0.4, 0.5) is 0 Å². The molecule has 0 saturated carbocycles. The van der Waals surface area contributed by atoms with E-state index in [4.69, 9.17) is 4.98 Å². The number of fused-ring (bicyclic) bond motifs is 1. The van der Waals surface area contributed by atoms with Crippen molar-refractivity contribution < 1.29 is 0 Å². The minimum atomic E-state index is 0.460. The van der Waals surface area contributed by atoms with E-state index in [-0.39, 0.29) is 0 Å². The van der Waals surface area contributed by atoms with Gasteiger partial charge in [0.25, 0.3) is 0 Å². The highest BCUT2D eigenvalue weighted by atomic mass is 15.0. The van der Waals surface area contributed by atoms with Crippen LogP contribution in [0.5, 0.6) is 0 Å². The molecule has 0 N–H and O–H groups in total. The summed E-state index contributed by atoms with van der Waals surface area (Å²) >= 11 is 0. The van der Waals surface area contributed by atoms with Gasteiger partial charge in [0.05, 0.1) is 11.2 Å². The zero-order valence-electron chi connectivity index (χ0n) is 10.8. The summed E-state index contributed by atoms with van der Waals surface area (Å²) in [5.41, 5.74) is 3.83. The average Bonchev–Trinajstić information content (AvgIpc) is 2.58. The molecule has 0 aliphatic rings. The van der Waals surface area contributed by atoms with Crippen molar-refractivity contribution in [2.45, 2.75) is 46.5 Å². The van der Waals surface area contributed by atoms with E-state index in [2.05, 4.69) is 57.3 Å². The Balaban J connectivity index is 2.82. The molecule has 2 aromatic rings. The number of hydrogen-bond donors (Lipinski definition) is 0. The molecule has 0 aromatic carbocycles. The minimum absolute atomic E-state index is 0.460. The third kappa shape index (κ3) is 1.62. The molecule has 0 unspecified atom stereocenters. The fourth-order valence-corrected chi connectivity index (χ4v) is 2.17. The fourth-order valence-electron chi connectivity index (χ4n) is 2.17. The average molecular weight is 216 g/mol. The van der Waals surface area contributed by atoms with E-state index in [1.54, 1.807) is 0 Å². The molecule has 0 saturated heterocycles. The Morgan fingerprint density at radius 1 is 1.12 bits per heavy atom. The quantitative estimate of drug-likeness (QED) is 0.744. The highest BCUT2D eigenvalue weighted by Crippen LogP contribution is 2.26. The van der Waals surface area contributed by atoms with Gasteiger partial charge in [-0.1, -0.05) is 33.8 Å². The Bertz CT molecular complexity index is 507. The van der Waals surface area contributed by atoms with E-state index in [0.717, 1.165) is 0 Å². The summed E-state index contributed by atoms with van der Waals surface area (Å²) < 4.78 is 2.25. The zero-order chi connectivity index (χ0) is 11.9. The number of rotatable bonds is 2. The largest absolute Gasteiger partial charge is 0.303 e. The maximum atomic E-state index is 4.81. The standard InChI is InChI=1S/C14H20N2/c1-9(2)12-13-11(5)7-6-8-16(13)14(15-12)10(3)4/h6-10H,1-5H3. The highest BCUT2D eigenvalue weighted by Gasteiger charge is 2.16. The molecule has 0 fully saturated rings. The van der Waals surface area contributed by atoms with Crippen molar-refractivity contribution in [1.29, 1.82) is 0 Å². The van der Waals surface area contributed by atoms with Crippen LogP contribution in [0.2, 0.25) is 0 Å². The van der Waals surface area contributed by atoms with Crippen LogP contribution in [0.15, 0.2) is 18.3 Å². The smallest absolute Gasteiger partial charge is 0.116 e. The highest BCUT2D eigenvalue weighted by molar-refractivity contribution is 5.60. The van der Waals surface area contributed by atoms with Gasteiger partial charge in [0.1, 0.15) is 5.82 Å². The lowest BCUT2D eigenvalue weighted by atomic mass is 10.1. The Labute approximate surface area is 97.3 Å². The van der Waals surface area contributed by atoms with Gasteiger partial charge in [0.2, 0.25) is 0 Å².